The molecular weight excluding hydrogens is 467 g/mol. The number of aromatic nitrogens is 5. The monoisotopic (exact) mass is 504 g/mol. The molecule has 3 heterocycles. The lowest BCUT2D eigenvalue weighted by molar-refractivity contribution is 0.102. The number of halogens is 1. The second-order valence-corrected chi connectivity index (χ2v) is 8.74. The minimum Gasteiger partial charge on any atom is -0.306 e. The average Bonchev–Trinajstić information content (AvgIpc) is 3.42. The first-order valence-corrected chi connectivity index (χ1v) is 13.1. The molecule has 196 valence electrons. The molecule has 1 aromatic carbocycles. The molecule has 1 saturated carbocycles. The SMILES string of the molecule is CC.CC.Cc1cc(F)c(C(=O)Nc2cccc(-n3ccnc3C(C)C)n2)cc1-n1cnc(C2CC2)c1. The number of nitrogens with zero attached hydrogens (tertiary/aromatic N) is 5. The quantitative estimate of drug-likeness (QED) is 0.301. The van der Waals surface area contributed by atoms with Gasteiger partial charge in [-0.1, -0.05) is 47.6 Å². The molecule has 0 bridgehead atoms. The van der Waals surface area contributed by atoms with E-state index >= 15 is 0 Å². The van der Waals surface area contributed by atoms with E-state index in [0.29, 0.717) is 17.6 Å². The number of nitrogens with one attached hydrogen (secondary N) is 1. The topological polar surface area (TPSA) is 77.6 Å². The summed E-state index contributed by atoms with van der Waals surface area (Å²) in [5.74, 6) is 1.42. The van der Waals surface area contributed by atoms with Crippen molar-refractivity contribution in [2.24, 2.45) is 0 Å². The van der Waals surface area contributed by atoms with E-state index in [1.165, 1.54) is 6.07 Å². The van der Waals surface area contributed by atoms with Gasteiger partial charge in [-0.15, -0.1) is 0 Å². The molecule has 7 nitrogen and oxygen atoms in total. The van der Waals surface area contributed by atoms with Crippen LogP contribution < -0.4 is 5.32 Å². The maximum absolute atomic E-state index is 14.8. The summed E-state index contributed by atoms with van der Waals surface area (Å²) in [7, 11) is 0. The van der Waals surface area contributed by atoms with E-state index < -0.39 is 11.7 Å². The number of aryl methyl sites for hydroxylation is 1. The van der Waals surface area contributed by atoms with E-state index in [1.807, 2.05) is 62.2 Å². The van der Waals surface area contributed by atoms with Crippen molar-refractivity contribution in [2.45, 2.75) is 73.1 Å². The van der Waals surface area contributed by atoms with Crippen LogP contribution in [0.4, 0.5) is 10.2 Å². The van der Waals surface area contributed by atoms with Gasteiger partial charge in [0.1, 0.15) is 23.3 Å². The molecule has 1 N–H and O–H groups in total. The molecular formula is C29H37FN6O. The van der Waals surface area contributed by atoms with E-state index in [-0.39, 0.29) is 11.5 Å². The number of pyridine rings is 1. The Hall–Kier alpha value is -3.81. The van der Waals surface area contributed by atoms with Crippen LogP contribution in [-0.4, -0.2) is 30.0 Å². The lowest BCUT2D eigenvalue weighted by atomic mass is 10.1. The zero-order valence-electron chi connectivity index (χ0n) is 22.8. The van der Waals surface area contributed by atoms with E-state index in [1.54, 1.807) is 30.7 Å². The maximum Gasteiger partial charge on any atom is 0.259 e. The molecule has 4 aromatic rings. The fourth-order valence-corrected chi connectivity index (χ4v) is 3.92. The minimum absolute atomic E-state index is 0.0463. The van der Waals surface area contributed by atoms with Crippen LogP contribution in [0.2, 0.25) is 0 Å². The number of imidazole rings is 2. The van der Waals surface area contributed by atoms with Gasteiger partial charge in [0.25, 0.3) is 5.91 Å². The number of anilines is 1. The third-order valence-corrected chi connectivity index (χ3v) is 5.82. The summed E-state index contributed by atoms with van der Waals surface area (Å²) < 4.78 is 18.5. The largest absolute Gasteiger partial charge is 0.306 e. The highest BCUT2D eigenvalue weighted by molar-refractivity contribution is 6.04. The van der Waals surface area contributed by atoms with Crippen LogP contribution in [0.3, 0.4) is 0 Å². The summed E-state index contributed by atoms with van der Waals surface area (Å²) >= 11 is 0. The fraction of sp³-hybridized carbons (Fsp3) is 0.379. The molecule has 3 aromatic heterocycles. The minimum atomic E-state index is -0.580. The second kappa shape index (κ2) is 12.4. The van der Waals surface area contributed by atoms with Gasteiger partial charge in [-0.25, -0.2) is 19.3 Å². The van der Waals surface area contributed by atoms with Gasteiger partial charge in [-0.3, -0.25) is 9.36 Å². The summed E-state index contributed by atoms with van der Waals surface area (Å²) in [5, 5.41) is 2.73. The van der Waals surface area contributed by atoms with Crippen LogP contribution in [0, 0.1) is 12.7 Å². The summed E-state index contributed by atoms with van der Waals surface area (Å²) in [5.41, 5.74) is 2.44. The first-order valence-electron chi connectivity index (χ1n) is 13.1. The second-order valence-electron chi connectivity index (χ2n) is 8.74. The molecule has 8 heteroatoms. The molecule has 1 fully saturated rings. The van der Waals surface area contributed by atoms with Crippen LogP contribution in [0.25, 0.3) is 11.5 Å². The summed E-state index contributed by atoms with van der Waals surface area (Å²) in [4.78, 5) is 26.4. The molecule has 0 saturated heterocycles. The highest BCUT2D eigenvalue weighted by Crippen LogP contribution is 2.39. The Labute approximate surface area is 218 Å². The predicted octanol–water partition coefficient (Wildman–Crippen LogP) is 7.21. The number of amides is 1. The van der Waals surface area contributed by atoms with Crippen LogP contribution >= 0.6 is 0 Å². The zero-order valence-corrected chi connectivity index (χ0v) is 22.8. The summed E-state index contributed by atoms with van der Waals surface area (Å²) in [6.07, 6.45) is 9.53. The number of hydrogen-bond acceptors (Lipinski definition) is 4. The van der Waals surface area contributed by atoms with Gasteiger partial charge in [0.15, 0.2) is 0 Å². The highest BCUT2D eigenvalue weighted by Gasteiger charge is 2.26. The Bertz CT molecular complexity index is 1340. The summed E-state index contributed by atoms with van der Waals surface area (Å²) in [6.45, 7) is 13.9. The number of benzene rings is 1. The van der Waals surface area contributed by atoms with Gasteiger partial charge in [-0.2, -0.15) is 0 Å². The Morgan fingerprint density at radius 1 is 1.11 bits per heavy atom. The van der Waals surface area contributed by atoms with Gasteiger partial charge >= 0.3 is 0 Å². The van der Waals surface area contributed by atoms with E-state index in [0.717, 1.165) is 35.6 Å². The van der Waals surface area contributed by atoms with Crippen molar-refractivity contribution in [1.29, 1.82) is 0 Å². The van der Waals surface area contributed by atoms with Crippen molar-refractivity contribution >= 4 is 11.7 Å². The van der Waals surface area contributed by atoms with Crippen LogP contribution in [-0.2, 0) is 0 Å². The molecule has 0 spiro atoms. The van der Waals surface area contributed by atoms with Crippen LogP contribution in [0.15, 0.2) is 55.2 Å². The predicted molar refractivity (Wildman–Crippen MR) is 146 cm³/mol. The number of rotatable bonds is 6. The van der Waals surface area contributed by atoms with Gasteiger partial charge in [-0.05, 0) is 49.6 Å². The average molecular weight is 505 g/mol. The van der Waals surface area contributed by atoms with Gasteiger partial charge < -0.3 is 9.88 Å². The van der Waals surface area contributed by atoms with Crippen molar-refractivity contribution in [1.82, 2.24) is 24.1 Å². The third-order valence-electron chi connectivity index (χ3n) is 5.82. The Balaban J connectivity index is 0.000000907. The molecule has 0 aliphatic heterocycles. The van der Waals surface area contributed by atoms with Gasteiger partial charge in [0.05, 0.1) is 23.3 Å². The highest BCUT2D eigenvalue weighted by atomic mass is 19.1. The molecule has 0 unspecified atom stereocenters. The van der Waals surface area contributed by atoms with E-state index in [4.69, 9.17) is 0 Å². The molecule has 0 radical (unpaired) electrons. The lowest BCUT2D eigenvalue weighted by Gasteiger charge is -2.13. The molecule has 5 rings (SSSR count). The standard InChI is InChI=1S/C25H25FN6O.2C2H6/c1-15(2)24-27-9-10-32(24)23-6-4-5-22(29-23)30-25(33)18-12-21(16(3)11-19(18)26)31-13-20(28-14-31)17-7-8-17;2*1-2/h4-6,9-15,17H,7-8H2,1-3H3,(H,29,30,33);2*1-2H3. The smallest absolute Gasteiger partial charge is 0.259 e. The fourth-order valence-electron chi connectivity index (χ4n) is 3.92. The van der Waals surface area contributed by atoms with Crippen molar-refractivity contribution in [2.75, 3.05) is 5.32 Å². The van der Waals surface area contributed by atoms with Crippen molar-refractivity contribution in [3.05, 3.63) is 83.7 Å². The maximum atomic E-state index is 14.8. The first-order chi connectivity index (χ1) is 17.9. The molecule has 1 aliphatic rings. The third kappa shape index (κ3) is 6.31. The molecule has 1 amide bonds. The van der Waals surface area contributed by atoms with Gasteiger partial charge in [0.2, 0.25) is 0 Å². The van der Waals surface area contributed by atoms with Crippen LogP contribution in [0.5, 0.6) is 0 Å². The van der Waals surface area contributed by atoms with Crippen molar-refractivity contribution < 1.29 is 9.18 Å². The zero-order chi connectivity index (χ0) is 27.1. The lowest BCUT2D eigenvalue weighted by Crippen LogP contribution is -2.16. The summed E-state index contributed by atoms with van der Waals surface area (Å²) in [6, 6.07) is 8.26. The molecule has 0 atom stereocenters. The van der Waals surface area contributed by atoms with Crippen molar-refractivity contribution in [3.8, 4) is 11.5 Å². The number of carbonyl (C=O) groups is 1. The van der Waals surface area contributed by atoms with Gasteiger partial charge in [0, 0.05) is 30.4 Å². The normalized spacial score (nSPS) is 12.4. The number of hydrogen-bond donors (Lipinski definition) is 1. The Morgan fingerprint density at radius 3 is 2.51 bits per heavy atom. The number of carbonyl (C=O) groups excluding carboxylic acids is 1. The van der Waals surface area contributed by atoms with E-state index in [2.05, 4.69) is 34.1 Å². The molecule has 37 heavy (non-hydrogen) atoms. The van der Waals surface area contributed by atoms with Crippen LogP contribution in [0.1, 0.15) is 93.7 Å². The van der Waals surface area contributed by atoms with E-state index in [9.17, 15) is 9.18 Å². The molecule has 1 aliphatic carbocycles. The van der Waals surface area contributed by atoms with Crippen molar-refractivity contribution in [3.63, 3.8) is 0 Å². The Morgan fingerprint density at radius 2 is 1.84 bits per heavy atom. The first kappa shape index (κ1) is 27.8. The Kier molecular flexibility index (Phi) is 9.33.